The van der Waals surface area contributed by atoms with Gasteiger partial charge in [0.15, 0.2) is 0 Å². The second-order valence-corrected chi connectivity index (χ2v) is 5.81. The van der Waals surface area contributed by atoms with Crippen LogP contribution in [0.4, 0.5) is 4.39 Å². The molecule has 0 aliphatic heterocycles. The van der Waals surface area contributed by atoms with Gasteiger partial charge in [-0.1, -0.05) is 25.8 Å². The Morgan fingerprint density at radius 2 is 2.05 bits per heavy atom. The maximum Gasteiger partial charge on any atom is 0.140 e. The zero-order valence-corrected chi connectivity index (χ0v) is 12.2. The van der Waals surface area contributed by atoms with Crippen LogP contribution in [0, 0.1) is 23.1 Å². The van der Waals surface area contributed by atoms with Crippen LogP contribution in [0.5, 0.6) is 0 Å². The van der Waals surface area contributed by atoms with Gasteiger partial charge in [-0.3, -0.25) is 0 Å². The Morgan fingerprint density at radius 3 is 2.70 bits per heavy atom. The van der Waals surface area contributed by atoms with Crippen molar-refractivity contribution in [2.75, 3.05) is 0 Å². The van der Waals surface area contributed by atoms with E-state index in [-0.39, 0.29) is 5.56 Å². The van der Waals surface area contributed by atoms with Crippen LogP contribution in [0.15, 0.2) is 18.2 Å². The van der Waals surface area contributed by atoms with Crippen molar-refractivity contribution >= 4 is 0 Å². The minimum absolute atomic E-state index is 0.135. The Labute approximate surface area is 121 Å². The summed E-state index contributed by atoms with van der Waals surface area (Å²) in [5.74, 6) is 0.477. The Kier molecular flexibility index (Phi) is 5.55. The molecule has 2 nitrogen and oxygen atoms in total. The Bertz CT molecular complexity index is 470. The van der Waals surface area contributed by atoms with E-state index in [1.54, 1.807) is 12.1 Å². The van der Waals surface area contributed by atoms with Crippen LogP contribution < -0.4 is 5.32 Å². The zero-order chi connectivity index (χ0) is 14.4. The molecule has 0 aromatic heterocycles. The van der Waals surface area contributed by atoms with Crippen LogP contribution in [-0.2, 0) is 6.54 Å². The van der Waals surface area contributed by atoms with Crippen LogP contribution in [0.2, 0.25) is 0 Å². The summed E-state index contributed by atoms with van der Waals surface area (Å²) in [4.78, 5) is 0. The van der Waals surface area contributed by atoms with Gasteiger partial charge >= 0.3 is 0 Å². The summed E-state index contributed by atoms with van der Waals surface area (Å²) in [6.07, 6.45) is 7.75. The molecular formula is C17H23FN2. The lowest BCUT2D eigenvalue weighted by Gasteiger charge is -2.29. The van der Waals surface area contributed by atoms with Gasteiger partial charge in [0.2, 0.25) is 0 Å². The quantitative estimate of drug-likeness (QED) is 0.875. The smallest absolute Gasteiger partial charge is 0.140 e. The van der Waals surface area contributed by atoms with E-state index in [0.29, 0.717) is 6.04 Å². The van der Waals surface area contributed by atoms with Gasteiger partial charge in [0.05, 0.1) is 5.56 Å². The topological polar surface area (TPSA) is 35.8 Å². The first kappa shape index (κ1) is 15.0. The molecule has 1 N–H and O–H groups in total. The minimum atomic E-state index is -0.434. The molecule has 1 aliphatic carbocycles. The number of nitrogens with one attached hydrogen (secondary N) is 1. The highest BCUT2D eigenvalue weighted by atomic mass is 19.1. The molecule has 0 atom stereocenters. The molecule has 0 heterocycles. The third-order valence-corrected chi connectivity index (χ3v) is 4.29. The molecular weight excluding hydrogens is 251 g/mol. The van der Waals surface area contributed by atoms with Gasteiger partial charge in [0, 0.05) is 12.6 Å². The first-order valence-corrected chi connectivity index (χ1v) is 7.64. The van der Waals surface area contributed by atoms with Crippen molar-refractivity contribution in [3.05, 3.63) is 35.1 Å². The molecule has 1 saturated carbocycles. The molecule has 20 heavy (non-hydrogen) atoms. The predicted octanol–water partition coefficient (Wildman–Crippen LogP) is 4.15. The number of nitriles is 1. The highest BCUT2D eigenvalue weighted by Crippen LogP contribution is 2.27. The van der Waals surface area contributed by atoms with Crippen molar-refractivity contribution in [3.8, 4) is 6.07 Å². The van der Waals surface area contributed by atoms with Crippen LogP contribution >= 0.6 is 0 Å². The molecule has 1 fully saturated rings. The molecule has 1 aromatic carbocycles. The fourth-order valence-electron chi connectivity index (χ4n) is 3.09. The molecule has 1 aliphatic rings. The molecule has 0 radical (unpaired) electrons. The fourth-order valence-corrected chi connectivity index (χ4v) is 3.09. The van der Waals surface area contributed by atoms with Crippen molar-refractivity contribution in [3.63, 3.8) is 0 Å². The van der Waals surface area contributed by atoms with Gasteiger partial charge in [-0.25, -0.2) is 4.39 Å². The van der Waals surface area contributed by atoms with E-state index < -0.39 is 5.82 Å². The van der Waals surface area contributed by atoms with E-state index in [2.05, 4.69) is 12.2 Å². The maximum absolute atomic E-state index is 13.2. The highest BCUT2D eigenvalue weighted by molar-refractivity contribution is 5.34. The van der Waals surface area contributed by atoms with E-state index in [4.69, 9.17) is 5.26 Å². The largest absolute Gasteiger partial charge is 0.310 e. The van der Waals surface area contributed by atoms with Crippen LogP contribution in [0.3, 0.4) is 0 Å². The van der Waals surface area contributed by atoms with Crippen molar-refractivity contribution in [1.29, 1.82) is 5.26 Å². The molecule has 0 bridgehead atoms. The number of hydrogen-bond donors (Lipinski definition) is 1. The monoisotopic (exact) mass is 274 g/mol. The van der Waals surface area contributed by atoms with Crippen LogP contribution in [-0.4, -0.2) is 6.04 Å². The van der Waals surface area contributed by atoms with E-state index in [1.165, 1.54) is 44.6 Å². The summed E-state index contributed by atoms with van der Waals surface area (Å²) < 4.78 is 13.2. The Hall–Kier alpha value is -1.40. The summed E-state index contributed by atoms with van der Waals surface area (Å²) in [6.45, 7) is 2.98. The molecule has 1 aromatic rings. The van der Waals surface area contributed by atoms with Crippen LogP contribution in [0.25, 0.3) is 0 Å². The summed E-state index contributed by atoms with van der Waals surface area (Å²) >= 11 is 0. The third kappa shape index (κ3) is 4.05. The molecule has 3 heteroatoms. The number of rotatable bonds is 5. The molecule has 108 valence electrons. The van der Waals surface area contributed by atoms with E-state index >= 15 is 0 Å². The average Bonchev–Trinajstić information content (AvgIpc) is 2.48. The lowest BCUT2D eigenvalue weighted by molar-refractivity contribution is 0.277. The summed E-state index contributed by atoms with van der Waals surface area (Å²) in [5.41, 5.74) is 1.12. The Balaban J connectivity index is 1.80. The molecule has 0 unspecified atom stereocenters. The lowest BCUT2D eigenvalue weighted by atomic mass is 9.83. The highest BCUT2D eigenvalue weighted by Gasteiger charge is 2.19. The van der Waals surface area contributed by atoms with Gasteiger partial charge in [0.1, 0.15) is 11.9 Å². The van der Waals surface area contributed by atoms with Gasteiger partial charge in [0.25, 0.3) is 0 Å². The lowest BCUT2D eigenvalue weighted by Crippen LogP contribution is -2.32. The van der Waals surface area contributed by atoms with Gasteiger partial charge in [-0.2, -0.15) is 5.26 Å². The second kappa shape index (κ2) is 7.40. The SMILES string of the molecule is CCCC1CCC(NCc2ccc(F)c(C#N)c2)CC1. The molecule has 2 rings (SSSR count). The van der Waals surface area contributed by atoms with Crippen molar-refractivity contribution < 1.29 is 4.39 Å². The summed E-state index contributed by atoms with van der Waals surface area (Å²) in [5, 5.41) is 12.4. The van der Waals surface area contributed by atoms with Gasteiger partial charge in [-0.05, 0) is 49.3 Å². The maximum atomic E-state index is 13.2. The molecule has 0 saturated heterocycles. The Morgan fingerprint density at radius 1 is 1.30 bits per heavy atom. The minimum Gasteiger partial charge on any atom is -0.310 e. The van der Waals surface area contributed by atoms with Crippen molar-refractivity contribution in [2.24, 2.45) is 5.92 Å². The van der Waals surface area contributed by atoms with E-state index in [9.17, 15) is 4.39 Å². The third-order valence-electron chi connectivity index (χ3n) is 4.29. The zero-order valence-electron chi connectivity index (χ0n) is 12.2. The summed E-state index contributed by atoms with van der Waals surface area (Å²) in [6, 6.07) is 7.24. The van der Waals surface area contributed by atoms with Crippen molar-refractivity contribution in [1.82, 2.24) is 5.32 Å². The van der Waals surface area contributed by atoms with E-state index in [0.717, 1.165) is 18.0 Å². The van der Waals surface area contributed by atoms with Gasteiger partial charge < -0.3 is 5.32 Å². The molecule has 0 spiro atoms. The van der Waals surface area contributed by atoms with Gasteiger partial charge in [-0.15, -0.1) is 0 Å². The van der Waals surface area contributed by atoms with Crippen molar-refractivity contribution in [2.45, 2.75) is 58.0 Å². The summed E-state index contributed by atoms with van der Waals surface area (Å²) in [7, 11) is 0. The first-order chi connectivity index (χ1) is 9.72. The predicted molar refractivity (Wildman–Crippen MR) is 78.6 cm³/mol. The average molecular weight is 274 g/mol. The second-order valence-electron chi connectivity index (χ2n) is 5.81. The normalized spacial score (nSPS) is 22.4. The number of halogens is 1. The van der Waals surface area contributed by atoms with E-state index in [1.807, 2.05) is 6.07 Å². The van der Waals surface area contributed by atoms with Crippen LogP contribution in [0.1, 0.15) is 56.6 Å². The molecule has 0 amide bonds. The number of nitrogens with zero attached hydrogens (tertiary/aromatic N) is 1. The first-order valence-electron chi connectivity index (χ1n) is 7.64. The number of hydrogen-bond acceptors (Lipinski definition) is 2. The standard InChI is InChI=1S/C17H23FN2/c1-2-3-13-4-7-16(8-5-13)20-12-14-6-9-17(18)15(10-14)11-19/h6,9-10,13,16,20H,2-5,7-8,12H2,1H3. The fraction of sp³-hybridized carbons (Fsp3) is 0.588. The number of benzene rings is 1.